The maximum Gasteiger partial charge on any atom is 0.162 e. The van der Waals surface area contributed by atoms with Crippen molar-refractivity contribution in [1.29, 1.82) is 0 Å². The van der Waals surface area contributed by atoms with Crippen LogP contribution in [-0.2, 0) is 6.54 Å². The van der Waals surface area contributed by atoms with Crippen molar-refractivity contribution in [1.82, 2.24) is 9.80 Å². The Morgan fingerprint density at radius 2 is 1.69 bits per heavy atom. The van der Waals surface area contributed by atoms with E-state index in [9.17, 15) is 5.11 Å². The lowest BCUT2D eigenvalue weighted by atomic mass is 10.1. The molecular weight excluding hydrogens is 324 g/mol. The molecule has 0 unspecified atom stereocenters. The van der Waals surface area contributed by atoms with Crippen molar-refractivity contribution < 1.29 is 9.84 Å². The number of aromatic hydroxyl groups is 1. The highest BCUT2D eigenvalue weighted by atomic mass is 16.5. The molecular formula is C22H28N2O2. The second-order valence-corrected chi connectivity index (χ2v) is 6.59. The monoisotopic (exact) mass is 352 g/mol. The van der Waals surface area contributed by atoms with Gasteiger partial charge in [-0.25, -0.2) is 0 Å². The fraction of sp³-hybridized carbons (Fsp3) is 0.364. The first-order valence-corrected chi connectivity index (χ1v) is 9.36. The van der Waals surface area contributed by atoms with E-state index in [1.807, 2.05) is 31.2 Å². The van der Waals surface area contributed by atoms with Gasteiger partial charge in [0.25, 0.3) is 0 Å². The summed E-state index contributed by atoms with van der Waals surface area (Å²) in [7, 11) is 0. The van der Waals surface area contributed by atoms with Gasteiger partial charge in [-0.2, -0.15) is 0 Å². The molecule has 1 fully saturated rings. The number of benzene rings is 2. The Balaban J connectivity index is 1.47. The minimum atomic E-state index is 0.280. The quantitative estimate of drug-likeness (QED) is 0.826. The van der Waals surface area contributed by atoms with Crippen molar-refractivity contribution in [3.8, 4) is 11.5 Å². The number of hydrogen-bond donors (Lipinski definition) is 1. The van der Waals surface area contributed by atoms with E-state index in [-0.39, 0.29) is 5.75 Å². The maximum atomic E-state index is 10.4. The molecule has 1 heterocycles. The molecule has 4 nitrogen and oxygen atoms in total. The van der Waals surface area contributed by atoms with Crippen LogP contribution < -0.4 is 4.74 Å². The fourth-order valence-electron chi connectivity index (χ4n) is 3.24. The van der Waals surface area contributed by atoms with E-state index in [2.05, 4.69) is 46.2 Å². The highest BCUT2D eigenvalue weighted by Crippen LogP contribution is 2.30. The molecule has 0 spiro atoms. The molecule has 0 aromatic heterocycles. The van der Waals surface area contributed by atoms with Crippen molar-refractivity contribution in [2.24, 2.45) is 0 Å². The lowest BCUT2D eigenvalue weighted by Crippen LogP contribution is -2.45. The number of piperazine rings is 1. The van der Waals surface area contributed by atoms with Gasteiger partial charge in [-0.15, -0.1) is 0 Å². The van der Waals surface area contributed by atoms with Gasteiger partial charge in [0.15, 0.2) is 11.5 Å². The average Bonchev–Trinajstić information content (AvgIpc) is 2.67. The van der Waals surface area contributed by atoms with Crippen LogP contribution in [-0.4, -0.2) is 54.2 Å². The SMILES string of the molecule is CCOc1cccc(CN2CCN(C/C=C/c3ccccc3)CC2)c1O. The third kappa shape index (κ3) is 5.10. The number of ether oxygens (including phenoxy) is 1. The van der Waals surface area contributed by atoms with Gasteiger partial charge in [0, 0.05) is 44.8 Å². The summed E-state index contributed by atoms with van der Waals surface area (Å²) in [6.45, 7) is 8.35. The zero-order valence-electron chi connectivity index (χ0n) is 15.5. The smallest absolute Gasteiger partial charge is 0.162 e. The normalized spacial score (nSPS) is 16.2. The molecule has 0 radical (unpaired) electrons. The summed E-state index contributed by atoms with van der Waals surface area (Å²) in [4.78, 5) is 4.86. The van der Waals surface area contributed by atoms with Crippen LogP contribution in [0.2, 0.25) is 0 Å². The number of phenolic OH excluding ortho intramolecular Hbond substituents is 1. The van der Waals surface area contributed by atoms with Gasteiger partial charge in [0.1, 0.15) is 0 Å². The minimum Gasteiger partial charge on any atom is -0.504 e. The van der Waals surface area contributed by atoms with E-state index < -0.39 is 0 Å². The van der Waals surface area contributed by atoms with Gasteiger partial charge < -0.3 is 9.84 Å². The topological polar surface area (TPSA) is 35.9 Å². The summed E-state index contributed by atoms with van der Waals surface area (Å²) in [5, 5.41) is 10.4. The Labute approximate surface area is 156 Å². The van der Waals surface area contributed by atoms with E-state index in [4.69, 9.17) is 4.74 Å². The molecule has 2 aromatic carbocycles. The molecule has 2 aromatic rings. The Bertz CT molecular complexity index is 707. The van der Waals surface area contributed by atoms with Crippen LogP contribution in [0.15, 0.2) is 54.6 Å². The molecule has 0 saturated carbocycles. The molecule has 0 atom stereocenters. The van der Waals surface area contributed by atoms with Gasteiger partial charge in [0.2, 0.25) is 0 Å². The standard InChI is InChI=1S/C22H28N2O2/c1-2-26-21-12-6-11-20(22(21)25)18-24-16-14-23(15-17-24)13-7-10-19-8-4-3-5-9-19/h3-12,25H,2,13-18H2,1H3/b10-7+. The Kier molecular flexibility index (Phi) is 6.69. The van der Waals surface area contributed by atoms with Crippen LogP contribution >= 0.6 is 0 Å². The van der Waals surface area contributed by atoms with Gasteiger partial charge in [0.05, 0.1) is 6.61 Å². The van der Waals surface area contributed by atoms with Crippen molar-refractivity contribution in [3.05, 3.63) is 65.7 Å². The minimum absolute atomic E-state index is 0.280. The highest BCUT2D eigenvalue weighted by Gasteiger charge is 2.18. The Morgan fingerprint density at radius 1 is 0.962 bits per heavy atom. The summed E-state index contributed by atoms with van der Waals surface area (Å²) in [5.41, 5.74) is 2.18. The highest BCUT2D eigenvalue weighted by molar-refractivity contribution is 5.48. The first kappa shape index (κ1) is 18.5. The van der Waals surface area contributed by atoms with Crippen molar-refractivity contribution in [3.63, 3.8) is 0 Å². The first-order chi connectivity index (χ1) is 12.8. The van der Waals surface area contributed by atoms with E-state index in [1.165, 1.54) is 5.56 Å². The van der Waals surface area contributed by atoms with Crippen LogP contribution in [0.25, 0.3) is 6.08 Å². The lowest BCUT2D eigenvalue weighted by Gasteiger charge is -2.34. The van der Waals surface area contributed by atoms with E-state index in [1.54, 1.807) is 0 Å². The molecule has 0 aliphatic carbocycles. The zero-order chi connectivity index (χ0) is 18.2. The van der Waals surface area contributed by atoms with E-state index in [0.717, 1.165) is 44.8 Å². The van der Waals surface area contributed by atoms with Gasteiger partial charge in [-0.1, -0.05) is 54.6 Å². The molecule has 1 saturated heterocycles. The third-order valence-corrected chi connectivity index (χ3v) is 4.71. The number of rotatable bonds is 7. The van der Waals surface area contributed by atoms with E-state index in [0.29, 0.717) is 12.4 Å². The molecule has 26 heavy (non-hydrogen) atoms. The largest absolute Gasteiger partial charge is 0.504 e. The number of para-hydroxylation sites is 1. The second-order valence-electron chi connectivity index (χ2n) is 6.59. The lowest BCUT2D eigenvalue weighted by molar-refractivity contribution is 0.136. The summed E-state index contributed by atoms with van der Waals surface area (Å²) in [6.07, 6.45) is 4.42. The van der Waals surface area contributed by atoms with Crippen LogP contribution in [0.1, 0.15) is 18.1 Å². The van der Waals surface area contributed by atoms with Crippen molar-refractivity contribution in [2.45, 2.75) is 13.5 Å². The fourth-order valence-corrected chi connectivity index (χ4v) is 3.24. The van der Waals surface area contributed by atoms with E-state index >= 15 is 0 Å². The third-order valence-electron chi connectivity index (χ3n) is 4.71. The summed E-state index contributed by atoms with van der Waals surface area (Å²) in [6, 6.07) is 16.2. The Hall–Kier alpha value is -2.30. The number of nitrogens with zero attached hydrogens (tertiary/aromatic N) is 2. The Morgan fingerprint density at radius 3 is 2.42 bits per heavy atom. The average molecular weight is 352 g/mol. The zero-order valence-corrected chi connectivity index (χ0v) is 15.5. The summed E-state index contributed by atoms with van der Waals surface area (Å²) in [5.74, 6) is 0.859. The first-order valence-electron chi connectivity index (χ1n) is 9.36. The molecule has 1 N–H and O–H groups in total. The van der Waals surface area contributed by atoms with Crippen LogP contribution in [0.3, 0.4) is 0 Å². The molecule has 1 aliphatic heterocycles. The van der Waals surface area contributed by atoms with Crippen LogP contribution in [0, 0.1) is 0 Å². The van der Waals surface area contributed by atoms with Crippen molar-refractivity contribution >= 4 is 6.08 Å². The second kappa shape index (κ2) is 9.41. The predicted molar refractivity (Wildman–Crippen MR) is 106 cm³/mol. The predicted octanol–water partition coefficient (Wildman–Crippen LogP) is 3.62. The number of phenols is 1. The molecule has 4 heteroatoms. The number of hydrogen-bond acceptors (Lipinski definition) is 4. The molecule has 138 valence electrons. The van der Waals surface area contributed by atoms with Crippen LogP contribution in [0.5, 0.6) is 11.5 Å². The summed E-state index contributed by atoms with van der Waals surface area (Å²) < 4.78 is 5.48. The van der Waals surface area contributed by atoms with Crippen molar-refractivity contribution in [2.75, 3.05) is 39.3 Å². The van der Waals surface area contributed by atoms with Gasteiger partial charge in [-0.3, -0.25) is 9.80 Å². The maximum absolute atomic E-state index is 10.4. The van der Waals surface area contributed by atoms with Crippen LogP contribution in [0.4, 0.5) is 0 Å². The molecule has 1 aliphatic rings. The summed E-state index contributed by atoms with van der Waals surface area (Å²) >= 11 is 0. The van der Waals surface area contributed by atoms with Gasteiger partial charge >= 0.3 is 0 Å². The molecule has 0 amide bonds. The molecule has 3 rings (SSSR count). The van der Waals surface area contributed by atoms with Gasteiger partial charge in [-0.05, 0) is 18.6 Å². The molecule has 0 bridgehead atoms.